The molecule has 1 saturated heterocycles. The van der Waals surface area contributed by atoms with Gasteiger partial charge in [0, 0.05) is 30.8 Å². The number of halogens is 1. The molecule has 140 valence electrons. The van der Waals surface area contributed by atoms with Crippen LogP contribution in [0.25, 0.3) is 5.76 Å². The van der Waals surface area contributed by atoms with Gasteiger partial charge in [0.1, 0.15) is 5.76 Å². The minimum absolute atomic E-state index is 0.0888. The Labute approximate surface area is 162 Å². The summed E-state index contributed by atoms with van der Waals surface area (Å²) in [7, 11) is 1.58. The minimum Gasteiger partial charge on any atom is -0.507 e. The van der Waals surface area contributed by atoms with Crippen molar-refractivity contribution in [2.75, 3.05) is 20.3 Å². The van der Waals surface area contributed by atoms with Gasteiger partial charge >= 0.3 is 0 Å². The number of ether oxygens (including phenoxy) is 1. The van der Waals surface area contributed by atoms with E-state index in [1.807, 2.05) is 6.07 Å². The maximum atomic E-state index is 12.7. The van der Waals surface area contributed by atoms with E-state index in [4.69, 9.17) is 16.3 Å². The molecule has 1 heterocycles. The normalized spacial score (nSPS) is 18.9. The molecule has 0 radical (unpaired) electrons. The fourth-order valence-electron chi connectivity index (χ4n) is 3.23. The quantitative estimate of drug-likeness (QED) is 0.355. The van der Waals surface area contributed by atoms with E-state index in [-0.39, 0.29) is 11.3 Å². The number of carbonyl (C=O) groups excluding carboxylic acids is 2. The maximum absolute atomic E-state index is 12.7. The number of carbonyl (C=O) groups is 2. The molecule has 1 atom stereocenters. The van der Waals surface area contributed by atoms with Crippen LogP contribution in [0.3, 0.4) is 0 Å². The monoisotopic (exact) mass is 385 g/mol. The van der Waals surface area contributed by atoms with Crippen molar-refractivity contribution < 1.29 is 19.4 Å². The minimum atomic E-state index is -0.686. The van der Waals surface area contributed by atoms with Crippen LogP contribution >= 0.6 is 11.6 Å². The fraction of sp³-hybridized carbons (Fsp3) is 0.238. The number of ketones is 1. The number of rotatable bonds is 6. The molecule has 1 amide bonds. The van der Waals surface area contributed by atoms with Crippen molar-refractivity contribution in [2.24, 2.45) is 0 Å². The smallest absolute Gasteiger partial charge is 0.295 e. The average Bonchev–Trinajstić information content (AvgIpc) is 2.94. The van der Waals surface area contributed by atoms with Crippen LogP contribution in [0, 0.1) is 0 Å². The molecule has 6 heteroatoms. The Kier molecular flexibility index (Phi) is 5.94. The second-order valence-electron chi connectivity index (χ2n) is 6.26. The third-order valence-corrected chi connectivity index (χ3v) is 4.77. The Morgan fingerprint density at radius 2 is 1.78 bits per heavy atom. The van der Waals surface area contributed by atoms with E-state index in [0.717, 1.165) is 0 Å². The highest BCUT2D eigenvalue weighted by atomic mass is 35.5. The van der Waals surface area contributed by atoms with Crippen LogP contribution in [0.5, 0.6) is 0 Å². The van der Waals surface area contributed by atoms with Crippen molar-refractivity contribution in [1.29, 1.82) is 0 Å². The molecule has 0 unspecified atom stereocenters. The van der Waals surface area contributed by atoms with E-state index in [2.05, 4.69) is 0 Å². The zero-order valence-corrected chi connectivity index (χ0v) is 15.6. The molecule has 0 saturated carbocycles. The van der Waals surface area contributed by atoms with Gasteiger partial charge in [-0.2, -0.15) is 0 Å². The van der Waals surface area contributed by atoms with Crippen molar-refractivity contribution in [1.82, 2.24) is 4.90 Å². The number of nitrogens with zero attached hydrogens (tertiary/aromatic N) is 1. The molecule has 0 bridgehead atoms. The standard InChI is InChI=1S/C21H20ClNO4/c1-27-13-5-12-23-18(14-8-10-16(22)11-9-14)17(20(25)21(23)26)19(24)15-6-3-2-4-7-15/h2-4,6-11,18,24H,5,12-13H2,1H3/t18-/m0/s1. The largest absolute Gasteiger partial charge is 0.507 e. The van der Waals surface area contributed by atoms with E-state index in [1.54, 1.807) is 55.6 Å². The molecule has 0 aromatic heterocycles. The summed E-state index contributed by atoms with van der Waals surface area (Å²) < 4.78 is 5.06. The lowest BCUT2D eigenvalue weighted by Crippen LogP contribution is -2.31. The first-order valence-corrected chi connectivity index (χ1v) is 9.00. The summed E-state index contributed by atoms with van der Waals surface area (Å²) in [6.45, 7) is 0.812. The molecule has 2 aromatic rings. The molecule has 1 aliphatic heterocycles. The Bertz CT molecular complexity index is 862. The summed E-state index contributed by atoms with van der Waals surface area (Å²) in [5.74, 6) is -1.49. The van der Waals surface area contributed by atoms with Crippen LogP contribution in [0.15, 0.2) is 60.2 Å². The Morgan fingerprint density at radius 1 is 1.11 bits per heavy atom. The van der Waals surface area contributed by atoms with E-state index in [0.29, 0.717) is 35.7 Å². The number of Topliss-reactive ketones (excluding diaryl/α,β-unsaturated/α-hetero) is 1. The number of hydrogen-bond acceptors (Lipinski definition) is 4. The summed E-state index contributed by atoms with van der Waals surface area (Å²) >= 11 is 5.98. The highest BCUT2D eigenvalue weighted by molar-refractivity contribution is 6.46. The van der Waals surface area contributed by atoms with Gasteiger partial charge in [0.05, 0.1) is 11.6 Å². The Hall–Kier alpha value is -2.63. The zero-order valence-electron chi connectivity index (χ0n) is 14.9. The first kappa shape index (κ1) is 19.1. The summed E-state index contributed by atoms with van der Waals surface area (Å²) in [5.41, 5.74) is 1.30. The van der Waals surface area contributed by atoms with Gasteiger partial charge in [-0.25, -0.2) is 0 Å². The molecule has 1 aliphatic rings. The lowest BCUT2D eigenvalue weighted by molar-refractivity contribution is -0.140. The highest BCUT2D eigenvalue weighted by Crippen LogP contribution is 2.39. The molecule has 2 aromatic carbocycles. The number of amides is 1. The van der Waals surface area contributed by atoms with E-state index >= 15 is 0 Å². The molecular weight excluding hydrogens is 366 g/mol. The lowest BCUT2D eigenvalue weighted by atomic mass is 9.95. The molecular formula is C21H20ClNO4. The predicted octanol–water partition coefficient (Wildman–Crippen LogP) is 3.80. The molecule has 1 N–H and O–H groups in total. The van der Waals surface area contributed by atoms with Gasteiger partial charge in [-0.1, -0.05) is 54.1 Å². The van der Waals surface area contributed by atoms with Crippen LogP contribution in [0.2, 0.25) is 5.02 Å². The number of likely N-dealkylation sites (tertiary alicyclic amines) is 1. The number of aliphatic hydroxyl groups excluding tert-OH is 1. The number of methoxy groups -OCH3 is 1. The van der Waals surface area contributed by atoms with Crippen molar-refractivity contribution in [3.63, 3.8) is 0 Å². The summed E-state index contributed by atoms with van der Waals surface area (Å²) in [5, 5.41) is 11.4. The van der Waals surface area contributed by atoms with Crippen LogP contribution in [0.1, 0.15) is 23.6 Å². The fourth-order valence-corrected chi connectivity index (χ4v) is 3.36. The third-order valence-electron chi connectivity index (χ3n) is 4.52. The summed E-state index contributed by atoms with van der Waals surface area (Å²) in [4.78, 5) is 26.9. The van der Waals surface area contributed by atoms with Crippen LogP contribution in [-0.4, -0.2) is 42.0 Å². The molecule has 0 aliphatic carbocycles. The summed E-state index contributed by atoms with van der Waals surface area (Å²) in [6, 6.07) is 15.0. The Morgan fingerprint density at radius 3 is 2.41 bits per heavy atom. The van der Waals surface area contributed by atoms with Crippen molar-refractivity contribution in [3.8, 4) is 0 Å². The number of aliphatic hydroxyl groups is 1. The van der Waals surface area contributed by atoms with Crippen LogP contribution in [0.4, 0.5) is 0 Å². The molecule has 1 fully saturated rings. The van der Waals surface area contributed by atoms with Gasteiger partial charge in [-0.05, 0) is 24.1 Å². The number of hydrogen-bond donors (Lipinski definition) is 1. The maximum Gasteiger partial charge on any atom is 0.295 e. The Balaban J connectivity index is 2.10. The van der Waals surface area contributed by atoms with Gasteiger partial charge in [-0.3, -0.25) is 9.59 Å². The van der Waals surface area contributed by atoms with Gasteiger partial charge < -0.3 is 14.7 Å². The van der Waals surface area contributed by atoms with Crippen molar-refractivity contribution in [2.45, 2.75) is 12.5 Å². The highest BCUT2D eigenvalue weighted by Gasteiger charge is 2.45. The SMILES string of the molecule is COCCCN1C(=O)C(=O)C(=C(O)c2ccccc2)[C@@H]1c1ccc(Cl)cc1. The van der Waals surface area contributed by atoms with Gasteiger partial charge in [-0.15, -0.1) is 0 Å². The lowest BCUT2D eigenvalue weighted by Gasteiger charge is -2.25. The summed E-state index contributed by atoms with van der Waals surface area (Å²) in [6.07, 6.45) is 0.582. The topological polar surface area (TPSA) is 66.8 Å². The third kappa shape index (κ3) is 3.89. The second kappa shape index (κ2) is 8.37. The van der Waals surface area contributed by atoms with Crippen LogP contribution in [-0.2, 0) is 14.3 Å². The van der Waals surface area contributed by atoms with Gasteiger partial charge in [0.15, 0.2) is 0 Å². The predicted molar refractivity (Wildman–Crippen MR) is 103 cm³/mol. The molecule has 5 nitrogen and oxygen atoms in total. The van der Waals surface area contributed by atoms with E-state index < -0.39 is 17.7 Å². The van der Waals surface area contributed by atoms with Gasteiger partial charge in [0.25, 0.3) is 11.7 Å². The molecule has 3 rings (SSSR count). The van der Waals surface area contributed by atoms with E-state index in [9.17, 15) is 14.7 Å². The second-order valence-corrected chi connectivity index (χ2v) is 6.69. The zero-order chi connectivity index (χ0) is 19.4. The first-order chi connectivity index (χ1) is 13.0. The van der Waals surface area contributed by atoms with E-state index in [1.165, 1.54) is 4.90 Å². The first-order valence-electron chi connectivity index (χ1n) is 8.63. The van der Waals surface area contributed by atoms with Crippen molar-refractivity contribution in [3.05, 3.63) is 76.3 Å². The van der Waals surface area contributed by atoms with Gasteiger partial charge in [0.2, 0.25) is 0 Å². The number of benzene rings is 2. The van der Waals surface area contributed by atoms with Crippen LogP contribution < -0.4 is 0 Å². The molecule has 27 heavy (non-hydrogen) atoms. The van der Waals surface area contributed by atoms with Crippen molar-refractivity contribution >= 4 is 29.1 Å². The molecule has 0 spiro atoms. The average molecular weight is 386 g/mol.